The molecule has 0 amide bonds. The summed E-state index contributed by atoms with van der Waals surface area (Å²) in [6, 6.07) is 6.78. The van der Waals surface area contributed by atoms with Crippen LogP contribution in [-0.4, -0.2) is 24.7 Å². The third-order valence-electron chi connectivity index (χ3n) is 3.66. The van der Waals surface area contributed by atoms with Crippen LogP contribution >= 0.6 is 24.0 Å². The van der Waals surface area contributed by atoms with Gasteiger partial charge in [0.25, 0.3) is 0 Å². The number of hydrogen-bond donors (Lipinski definition) is 2. The molecule has 1 aromatic rings. The number of rotatable bonds is 4. The van der Waals surface area contributed by atoms with Gasteiger partial charge >= 0.3 is 0 Å². The van der Waals surface area contributed by atoms with Gasteiger partial charge < -0.3 is 15.4 Å². The van der Waals surface area contributed by atoms with E-state index in [2.05, 4.69) is 73.7 Å². The van der Waals surface area contributed by atoms with E-state index < -0.39 is 0 Å². The van der Waals surface area contributed by atoms with Gasteiger partial charge in [0.15, 0.2) is 5.96 Å². The van der Waals surface area contributed by atoms with Crippen LogP contribution in [0.4, 0.5) is 0 Å². The van der Waals surface area contributed by atoms with Gasteiger partial charge in [-0.15, -0.1) is 24.0 Å². The highest BCUT2D eigenvalue weighted by Crippen LogP contribution is 2.24. The Balaban J connectivity index is 0.00000288. The largest absolute Gasteiger partial charge is 0.488 e. The highest BCUT2D eigenvalue weighted by Gasteiger charge is 2.16. The Labute approximate surface area is 163 Å². The van der Waals surface area contributed by atoms with Gasteiger partial charge in [-0.05, 0) is 52.2 Å². The number of ether oxygens (including phenoxy) is 1. The summed E-state index contributed by atoms with van der Waals surface area (Å²) in [6.07, 6.45) is 6.54. The van der Waals surface area contributed by atoms with Crippen molar-refractivity contribution in [1.82, 2.24) is 10.6 Å². The zero-order chi connectivity index (χ0) is 16.9. The molecule has 0 bridgehead atoms. The Kier molecular flexibility index (Phi) is 8.06. The molecule has 0 saturated heterocycles. The van der Waals surface area contributed by atoms with Gasteiger partial charge in [0.05, 0.1) is 0 Å². The molecular formula is C19H30IN3O. The monoisotopic (exact) mass is 443 g/mol. The van der Waals surface area contributed by atoms with Crippen LogP contribution < -0.4 is 15.4 Å². The van der Waals surface area contributed by atoms with E-state index in [4.69, 9.17) is 4.74 Å². The average Bonchev–Trinajstić information content (AvgIpc) is 2.96. The van der Waals surface area contributed by atoms with Crippen molar-refractivity contribution >= 4 is 29.9 Å². The zero-order valence-electron chi connectivity index (χ0n) is 15.3. The van der Waals surface area contributed by atoms with Gasteiger partial charge in [-0.1, -0.05) is 24.3 Å². The summed E-state index contributed by atoms with van der Waals surface area (Å²) < 4.78 is 6.10. The predicted molar refractivity (Wildman–Crippen MR) is 112 cm³/mol. The fourth-order valence-corrected chi connectivity index (χ4v) is 2.53. The molecule has 4 nitrogen and oxygen atoms in total. The molecule has 5 heteroatoms. The van der Waals surface area contributed by atoms with E-state index in [9.17, 15) is 0 Å². The molecule has 2 N–H and O–H groups in total. The third-order valence-corrected chi connectivity index (χ3v) is 3.66. The molecule has 0 spiro atoms. The molecule has 1 aliphatic rings. The molecule has 134 valence electrons. The highest BCUT2D eigenvalue weighted by molar-refractivity contribution is 14.0. The molecule has 1 aromatic carbocycles. The molecular weight excluding hydrogens is 413 g/mol. The number of nitrogens with zero attached hydrogens (tertiary/aromatic N) is 1. The Bertz CT molecular complexity index is 583. The fourth-order valence-electron chi connectivity index (χ4n) is 2.53. The SMILES string of the molecule is CN=C(NCc1ccc(C)cc1OC(C)(C)C)NC1CC=CC1.I. The van der Waals surface area contributed by atoms with Crippen molar-refractivity contribution in [2.75, 3.05) is 7.05 Å². The maximum atomic E-state index is 6.10. The van der Waals surface area contributed by atoms with Crippen LogP contribution in [0.1, 0.15) is 44.7 Å². The van der Waals surface area contributed by atoms with Crippen molar-refractivity contribution in [1.29, 1.82) is 0 Å². The Hall–Kier alpha value is -1.24. The molecule has 24 heavy (non-hydrogen) atoms. The number of aliphatic imine (C=N–C) groups is 1. The molecule has 0 saturated carbocycles. The number of hydrogen-bond acceptors (Lipinski definition) is 2. The average molecular weight is 443 g/mol. The first-order chi connectivity index (χ1) is 10.9. The molecule has 0 fully saturated rings. The summed E-state index contributed by atoms with van der Waals surface area (Å²) in [4.78, 5) is 4.31. The zero-order valence-corrected chi connectivity index (χ0v) is 17.7. The number of halogens is 1. The van der Waals surface area contributed by atoms with E-state index in [1.54, 1.807) is 7.05 Å². The number of guanidine groups is 1. The normalized spacial score (nSPS) is 15.1. The smallest absolute Gasteiger partial charge is 0.191 e. The van der Waals surface area contributed by atoms with Gasteiger partial charge in [0.1, 0.15) is 11.4 Å². The van der Waals surface area contributed by atoms with E-state index >= 15 is 0 Å². The number of aryl methyl sites for hydroxylation is 1. The van der Waals surface area contributed by atoms with E-state index in [1.807, 2.05) is 0 Å². The van der Waals surface area contributed by atoms with E-state index in [0.717, 1.165) is 30.1 Å². The maximum Gasteiger partial charge on any atom is 0.191 e. The second kappa shape index (κ2) is 9.30. The predicted octanol–water partition coefficient (Wildman–Crippen LogP) is 4.17. The van der Waals surface area contributed by atoms with Crippen LogP contribution in [0, 0.1) is 6.92 Å². The Morgan fingerprint density at radius 2 is 1.92 bits per heavy atom. The van der Waals surface area contributed by atoms with Crippen molar-refractivity contribution < 1.29 is 4.74 Å². The standard InChI is InChI=1S/C19H29N3O.HI/c1-14-10-11-15(17(12-14)23-19(2,3)4)13-21-18(20-5)22-16-8-6-7-9-16;/h6-7,10-12,16H,8-9,13H2,1-5H3,(H2,20,21,22);1H. The lowest BCUT2D eigenvalue weighted by atomic mass is 10.1. The Morgan fingerprint density at radius 3 is 2.50 bits per heavy atom. The summed E-state index contributed by atoms with van der Waals surface area (Å²) in [5.41, 5.74) is 2.13. The van der Waals surface area contributed by atoms with Crippen molar-refractivity contribution in [3.63, 3.8) is 0 Å². The summed E-state index contributed by atoms with van der Waals surface area (Å²) in [5, 5.41) is 6.84. The summed E-state index contributed by atoms with van der Waals surface area (Å²) in [6.45, 7) is 8.98. The lowest BCUT2D eigenvalue weighted by molar-refractivity contribution is 0.129. The molecule has 0 aliphatic heterocycles. The number of nitrogens with one attached hydrogen (secondary N) is 2. The minimum atomic E-state index is -0.210. The number of benzene rings is 1. The maximum absolute atomic E-state index is 6.10. The van der Waals surface area contributed by atoms with E-state index in [0.29, 0.717) is 12.6 Å². The molecule has 0 radical (unpaired) electrons. The first-order valence-electron chi connectivity index (χ1n) is 8.28. The second-order valence-electron chi connectivity index (χ2n) is 7.04. The fraction of sp³-hybridized carbons (Fsp3) is 0.526. The van der Waals surface area contributed by atoms with Crippen molar-refractivity contribution in [3.05, 3.63) is 41.5 Å². The molecule has 2 rings (SSSR count). The van der Waals surface area contributed by atoms with Gasteiger partial charge in [-0.25, -0.2) is 0 Å². The minimum absolute atomic E-state index is 0. The van der Waals surface area contributed by atoms with E-state index in [1.165, 1.54) is 5.56 Å². The summed E-state index contributed by atoms with van der Waals surface area (Å²) >= 11 is 0. The topological polar surface area (TPSA) is 45.7 Å². The van der Waals surface area contributed by atoms with Crippen LogP contribution in [0.2, 0.25) is 0 Å². The van der Waals surface area contributed by atoms with Crippen LogP contribution in [0.5, 0.6) is 5.75 Å². The second-order valence-corrected chi connectivity index (χ2v) is 7.04. The molecule has 0 unspecified atom stereocenters. The Morgan fingerprint density at radius 1 is 1.25 bits per heavy atom. The van der Waals surface area contributed by atoms with Crippen LogP contribution in [0.25, 0.3) is 0 Å². The molecule has 1 aliphatic carbocycles. The minimum Gasteiger partial charge on any atom is -0.488 e. The first-order valence-corrected chi connectivity index (χ1v) is 8.28. The lowest BCUT2D eigenvalue weighted by Gasteiger charge is -2.24. The van der Waals surface area contributed by atoms with Gasteiger partial charge in [0.2, 0.25) is 0 Å². The van der Waals surface area contributed by atoms with Crippen LogP contribution in [-0.2, 0) is 6.54 Å². The van der Waals surface area contributed by atoms with Crippen LogP contribution in [0.3, 0.4) is 0 Å². The first kappa shape index (κ1) is 20.8. The van der Waals surface area contributed by atoms with Gasteiger partial charge in [0, 0.05) is 25.2 Å². The quantitative estimate of drug-likeness (QED) is 0.318. The lowest BCUT2D eigenvalue weighted by Crippen LogP contribution is -2.42. The van der Waals surface area contributed by atoms with Crippen molar-refractivity contribution in [3.8, 4) is 5.75 Å². The molecule has 0 atom stereocenters. The highest BCUT2D eigenvalue weighted by atomic mass is 127. The molecule has 0 heterocycles. The third kappa shape index (κ3) is 6.71. The van der Waals surface area contributed by atoms with Gasteiger partial charge in [-0.2, -0.15) is 0 Å². The molecule has 0 aromatic heterocycles. The summed E-state index contributed by atoms with van der Waals surface area (Å²) in [5.74, 6) is 1.77. The van der Waals surface area contributed by atoms with Crippen molar-refractivity contribution in [2.45, 2.75) is 58.7 Å². The van der Waals surface area contributed by atoms with Crippen LogP contribution in [0.15, 0.2) is 35.3 Å². The summed E-state index contributed by atoms with van der Waals surface area (Å²) in [7, 11) is 1.80. The van der Waals surface area contributed by atoms with Gasteiger partial charge in [-0.3, -0.25) is 4.99 Å². The van der Waals surface area contributed by atoms with Crippen molar-refractivity contribution in [2.24, 2.45) is 4.99 Å². The van der Waals surface area contributed by atoms with E-state index in [-0.39, 0.29) is 29.6 Å².